The van der Waals surface area contributed by atoms with Crippen molar-refractivity contribution in [2.75, 3.05) is 5.32 Å². The van der Waals surface area contributed by atoms with E-state index in [9.17, 15) is 9.59 Å². The van der Waals surface area contributed by atoms with Crippen LogP contribution < -0.4 is 22.1 Å². The maximum atomic E-state index is 12.5. The highest BCUT2D eigenvalue weighted by atomic mass is 16.2. The molecule has 0 heterocycles. The van der Waals surface area contributed by atoms with Gasteiger partial charge in [-0.1, -0.05) is 25.0 Å². The van der Waals surface area contributed by atoms with Crippen molar-refractivity contribution in [1.29, 1.82) is 0 Å². The van der Waals surface area contributed by atoms with E-state index in [0.29, 0.717) is 5.69 Å². The number of hydrogen-bond acceptors (Lipinski definition) is 3. The van der Waals surface area contributed by atoms with Crippen molar-refractivity contribution in [2.45, 2.75) is 51.1 Å². The second kappa shape index (κ2) is 7.00. The molecule has 1 fully saturated rings. The van der Waals surface area contributed by atoms with Gasteiger partial charge in [-0.3, -0.25) is 4.79 Å². The SMILES string of the molecule is CC(NC(=O)C1CCCCC1(C)N)c1ccc(NC(N)=O)cc1. The van der Waals surface area contributed by atoms with Gasteiger partial charge in [0.05, 0.1) is 12.0 Å². The lowest BCUT2D eigenvalue weighted by Gasteiger charge is -2.37. The molecule has 0 spiro atoms. The molecule has 0 saturated heterocycles. The third-order valence-corrected chi connectivity index (χ3v) is 4.61. The maximum absolute atomic E-state index is 12.5. The highest BCUT2D eigenvalue weighted by Crippen LogP contribution is 2.32. The van der Waals surface area contributed by atoms with E-state index in [1.54, 1.807) is 12.1 Å². The molecule has 0 aromatic heterocycles. The number of rotatable bonds is 4. The number of nitrogens with two attached hydrogens (primary N) is 2. The lowest BCUT2D eigenvalue weighted by molar-refractivity contribution is -0.128. The molecule has 3 amide bonds. The minimum absolute atomic E-state index is 0.0153. The van der Waals surface area contributed by atoms with E-state index in [2.05, 4.69) is 10.6 Å². The van der Waals surface area contributed by atoms with Gasteiger partial charge in [-0.05, 0) is 44.4 Å². The van der Waals surface area contributed by atoms with E-state index in [0.717, 1.165) is 31.2 Å². The third-order valence-electron chi connectivity index (χ3n) is 4.61. The summed E-state index contributed by atoms with van der Waals surface area (Å²) in [6.07, 6.45) is 3.85. The molecular weight excluding hydrogens is 292 g/mol. The van der Waals surface area contributed by atoms with Gasteiger partial charge < -0.3 is 22.1 Å². The van der Waals surface area contributed by atoms with Gasteiger partial charge >= 0.3 is 6.03 Å². The first-order chi connectivity index (χ1) is 10.8. The van der Waals surface area contributed by atoms with Crippen molar-refractivity contribution in [3.05, 3.63) is 29.8 Å². The van der Waals surface area contributed by atoms with Crippen molar-refractivity contribution >= 4 is 17.6 Å². The quantitative estimate of drug-likeness (QED) is 0.683. The number of amides is 3. The lowest BCUT2D eigenvalue weighted by Crippen LogP contribution is -2.53. The molecule has 126 valence electrons. The first-order valence-corrected chi connectivity index (χ1v) is 8.05. The predicted molar refractivity (Wildman–Crippen MR) is 90.8 cm³/mol. The molecule has 1 aromatic rings. The predicted octanol–water partition coefficient (Wildman–Crippen LogP) is 2.26. The van der Waals surface area contributed by atoms with Crippen molar-refractivity contribution in [3.63, 3.8) is 0 Å². The van der Waals surface area contributed by atoms with Crippen LogP contribution in [0.2, 0.25) is 0 Å². The Bertz CT molecular complexity index is 568. The molecule has 0 radical (unpaired) electrons. The standard InChI is InChI=1S/C17H26N4O2/c1-11(12-6-8-13(9-7-12)21-16(18)23)20-15(22)14-5-3-4-10-17(14,2)19/h6-9,11,14H,3-5,10,19H2,1-2H3,(H,20,22)(H3,18,21,23). The molecule has 23 heavy (non-hydrogen) atoms. The summed E-state index contributed by atoms with van der Waals surface area (Å²) < 4.78 is 0. The summed E-state index contributed by atoms with van der Waals surface area (Å²) in [7, 11) is 0. The normalized spacial score (nSPS) is 25.4. The van der Waals surface area contributed by atoms with Crippen LogP contribution in [0.4, 0.5) is 10.5 Å². The number of hydrogen-bond donors (Lipinski definition) is 4. The van der Waals surface area contributed by atoms with Crippen LogP contribution in [-0.2, 0) is 4.79 Å². The minimum atomic E-state index is -0.598. The fourth-order valence-corrected chi connectivity index (χ4v) is 3.18. The Kier molecular flexibility index (Phi) is 5.26. The number of carbonyl (C=O) groups excluding carboxylic acids is 2. The van der Waals surface area contributed by atoms with Crippen LogP contribution in [0.25, 0.3) is 0 Å². The molecule has 1 aliphatic rings. The molecule has 0 aliphatic heterocycles. The van der Waals surface area contributed by atoms with Crippen LogP contribution in [0.3, 0.4) is 0 Å². The van der Waals surface area contributed by atoms with Gasteiger partial charge in [0.1, 0.15) is 0 Å². The van der Waals surface area contributed by atoms with Crippen molar-refractivity contribution in [3.8, 4) is 0 Å². The summed E-state index contributed by atoms with van der Waals surface area (Å²) in [5.74, 6) is -0.129. The first-order valence-electron chi connectivity index (χ1n) is 8.05. The van der Waals surface area contributed by atoms with Gasteiger partial charge in [0.15, 0.2) is 0 Å². The smallest absolute Gasteiger partial charge is 0.316 e. The second-order valence-corrected chi connectivity index (χ2v) is 6.65. The number of benzene rings is 1. The van der Waals surface area contributed by atoms with Gasteiger partial charge in [-0.2, -0.15) is 0 Å². The fourth-order valence-electron chi connectivity index (χ4n) is 3.18. The summed E-state index contributed by atoms with van der Waals surface area (Å²) >= 11 is 0. The molecular formula is C17H26N4O2. The molecule has 6 N–H and O–H groups in total. The molecule has 0 bridgehead atoms. The largest absolute Gasteiger partial charge is 0.351 e. The minimum Gasteiger partial charge on any atom is -0.351 e. The van der Waals surface area contributed by atoms with Crippen molar-refractivity contribution < 1.29 is 9.59 Å². The van der Waals surface area contributed by atoms with Crippen molar-refractivity contribution in [2.24, 2.45) is 17.4 Å². The van der Waals surface area contributed by atoms with Gasteiger partial charge in [-0.15, -0.1) is 0 Å². The number of anilines is 1. The van der Waals surface area contributed by atoms with Gasteiger partial charge in [0.25, 0.3) is 0 Å². The summed E-state index contributed by atoms with van der Waals surface area (Å²) in [5, 5.41) is 5.56. The molecule has 1 aliphatic carbocycles. The van der Waals surface area contributed by atoms with Crippen LogP contribution in [-0.4, -0.2) is 17.5 Å². The Balaban J connectivity index is 1.99. The molecule has 1 saturated carbocycles. The Labute approximate surface area is 137 Å². The van der Waals surface area contributed by atoms with E-state index in [1.165, 1.54) is 0 Å². The zero-order valence-corrected chi connectivity index (χ0v) is 13.8. The summed E-state index contributed by atoms with van der Waals surface area (Å²) in [5.41, 5.74) is 12.5. The molecule has 6 nitrogen and oxygen atoms in total. The Morgan fingerprint density at radius 1 is 1.26 bits per heavy atom. The molecule has 3 unspecified atom stereocenters. The summed E-state index contributed by atoms with van der Waals surface area (Å²) in [6.45, 7) is 3.90. The van der Waals surface area contributed by atoms with Crippen LogP contribution in [0.5, 0.6) is 0 Å². The summed E-state index contributed by atoms with van der Waals surface area (Å²) in [4.78, 5) is 23.4. The molecule has 3 atom stereocenters. The summed E-state index contributed by atoms with van der Waals surface area (Å²) in [6, 6.07) is 6.52. The molecule has 1 aromatic carbocycles. The lowest BCUT2D eigenvalue weighted by atomic mass is 9.74. The average Bonchev–Trinajstić information content (AvgIpc) is 2.46. The Morgan fingerprint density at radius 3 is 2.48 bits per heavy atom. The van der Waals surface area contributed by atoms with Crippen LogP contribution in [0, 0.1) is 5.92 Å². The fraction of sp³-hybridized carbons (Fsp3) is 0.529. The Hall–Kier alpha value is -2.08. The number of urea groups is 1. The first kappa shape index (κ1) is 17.3. The average molecular weight is 318 g/mol. The maximum Gasteiger partial charge on any atom is 0.316 e. The van der Waals surface area contributed by atoms with E-state index < -0.39 is 11.6 Å². The molecule has 6 heteroatoms. The van der Waals surface area contributed by atoms with Crippen LogP contribution in [0.1, 0.15) is 51.1 Å². The number of nitrogens with one attached hydrogen (secondary N) is 2. The van der Waals surface area contributed by atoms with E-state index in [1.807, 2.05) is 26.0 Å². The topological polar surface area (TPSA) is 110 Å². The third kappa shape index (κ3) is 4.45. The highest BCUT2D eigenvalue weighted by Gasteiger charge is 2.38. The van der Waals surface area contributed by atoms with Gasteiger partial charge in [0, 0.05) is 11.2 Å². The van der Waals surface area contributed by atoms with Crippen molar-refractivity contribution in [1.82, 2.24) is 5.32 Å². The van der Waals surface area contributed by atoms with Crippen LogP contribution in [0.15, 0.2) is 24.3 Å². The van der Waals surface area contributed by atoms with E-state index in [-0.39, 0.29) is 17.9 Å². The number of carbonyl (C=O) groups is 2. The number of primary amides is 1. The Morgan fingerprint density at radius 2 is 1.91 bits per heavy atom. The van der Waals surface area contributed by atoms with Gasteiger partial charge in [0.2, 0.25) is 5.91 Å². The zero-order valence-electron chi connectivity index (χ0n) is 13.8. The second-order valence-electron chi connectivity index (χ2n) is 6.65. The zero-order chi connectivity index (χ0) is 17.0. The monoisotopic (exact) mass is 318 g/mol. The highest BCUT2D eigenvalue weighted by molar-refractivity contribution is 5.87. The van der Waals surface area contributed by atoms with Gasteiger partial charge in [-0.25, -0.2) is 4.79 Å². The van der Waals surface area contributed by atoms with E-state index >= 15 is 0 Å². The van der Waals surface area contributed by atoms with E-state index in [4.69, 9.17) is 11.5 Å². The molecule has 2 rings (SSSR count). The van der Waals surface area contributed by atoms with Crippen LogP contribution >= 0.6 is 0 Å².